The van der Waals surface area contributed by atoms with E-state index in [0.29, 0.717) is 0 Å². The van der Waals surface area contributed by atoms with Crippen LogP contribution in [0.4, 0.5) is 0 Å². The Kier molecular flexibility index (Phi) is 4.34. The van der Waals surface area contributed by atoms with E-state index in [-0.39, 0.29) is 5.75 Å². The van der Waals surface area contributed by atoms with Crippen LogP contribution < -0.4 is 0 Å². The van der Waals surface area contributed by atoms with Gasteiger partial charge in [0.05, 0.1) is 0 Å². The van der Waals surface area contributed by atoms with Gasteiger partial charge in [0.15, 0.2) is 0 Å². The molecule has 1 aromatic carbocycles. The molecule has 1 heterocycles. The molecule has 1 atom stereocenters. The van der Waals surface area contributed by atoms with Crippen LogP contribution in [-0.2, 0) is 17.6 Å². The highest BCUT2D eigenvalue weighted by molar-refractivity contribution is 7.79. The first-order valence-electron chi connectivity index (χ1n) is 5.87. The second-order valence-corrected chi connectivity index (χ2v) is 5.15. The number of aryl methyl sites for hydroxylation is 1. The molecule has 17 heavy (non-hydrogen) atoms. The summed E-state index contributed by atoms with van der Waals surface area (Å²) in [5.41, 5.74) is 1.25. The van der Waals surface area contributed by atoms with Crippen LogP contribution in [0.15, 0.2) is 36.5 Å². The molecule has 1 aromatic heterocycles. The van der Waals surface area contributed by atoms with Crippen molar-refractivity contribution in [3.63, 3.8) is 0 Å². The normalized spacial score (nSPS) is 13.0. The summed E-state index contributed by atoms with van der Waals surface area (Å²) in [4.78, 5) is 0. The zero-order chi connectivity index (χ0) is 12.1. The minimum atomic E-state index is -1.88. The molecule has 0 saturated carbocycles. The summed E-state index contributed by atoms with van der Waals surface area (Å²) in [6, 6.07) is 10.4. The number of aromatic nitrogens is 1. The molecule has 2 aromatic rings. The molecule has 0 N–H and O–H groups in total. The van der Waals surface area contributed by atoms with Crippen LogP contribution in [-0.4, -0.2) is 19.1 Å². The lowest BCUT2D eigenvalue weighted by Crippen LogP contribution is -1.98. The molecule has 0 radical (unpaired) electrons. The Morgan fingerprint density at radius 3 is 2.76 bits per heavy atom. The molecule has 0 aliphatic rings. The van der Waals surface area contributed by atoms with Crippen LogP contribution in [0.25, 0.3) is 10.9 Å². The third-order valence-electron chi connectivity index (χ3n) is 2.89. The first kappa shape index (κ1) is 12.3. The van der Waals surface area contributed by atoms with Crippen LogP contribution in [0.5, 0.6) is 0 Å². The molecule has 0 spiro atoms. The first-order chi connectivity index (χ1) is 8.27. The molecule has 0 fully saturated rings. The van der Waals surface area contributed by atoms with Gasteiger partial charge in [0.2, 0.25) is 0 Å². The largest absolute Gasteiger partial charge is 0.772 e. The lowest BCUT2D eigenvalue weighted by molar-refractivity contribution is 0.530. The summed E-state index contributed by atoms with van der Waals surface area (Å²) in [7, 11) is 0. The van der Waals surface area contributed by atoms with E-state index in [2.05, 4.69) is 29.0 Å². The lowest BCUT2D eigenvalue weighted by atomic mass is 10.2. The van der Waals surface area contributed by atoms with Crippen molar-refractivity contribution in [1.82, 2.24) is 4.57 Å². The minimum absolute atomic E-state index is 0.284. The quantitative estimate of drug-likeness (QED) is 0.584. The summed E-state index contributed by atoms with van der Waals surface area (Å²) >= 11 is -1.88. The van der Waals surface area contributed by atoms with Crippen LogP contribution in [0.2, 0.25) is 0 Å². The average Bonchev–Trinajstić information content (AvgIpc) is 2.72. The summed E-state index contributed by atoms with van der Waals surface area (Å²) in [5, 5.41) is 1.26. The van der Waals surface area contributed by atoms with Gasteiger partial charge in [-0.05, 0) is 30.4 Å². The highest BCUT2D eigenvalue weighted by atomic mass is 32.2. The van der Waals surface area contributed by atoms with Crippen molar-refractivity contribution in [2.45, 2.75) is 25.8 Å². The lowest BCUT2D eigenvalue weighted by Gasteiger charge is -2.06. The number of unbranched alkanes of at least 4 members (excludes halogenated alkanes) is 2. The molecule has 0 aliphatic heterocycles. The Morgan fingerprint density at radius 1 is 1.12 bits per heavy atom. The molecule has 2 rings (SSSR count). The summed E-state index contributed by atoms with van der Waals surface area (Å²) in [6.07, 6.45) is 4.84. The first-order valence-corrected chi connectivity index (χ1v) is 7.11. The Hall–Kier alpha value is -1.13. The van der Waals surface area contributed by atoms with Gasteiger partial charge in [-0.15, -0.1) is 0 Å². The second-order valence-electron chi connectivity index (χ2n) is 4.14. The topological polar surface area (TPSA) is 45.1 Å². The number of nitrogens with zero attached hydrogens (tertiary/aromatic N) is 1. The monoisotopic (exact) mass is 250 g/mol. The van der Waals surface area contributed by atoms with Gasteiger partial charge in [0.1, 0.15) is 0 Å². The third kappa shape index (κ3) is 3.41. The van der Waals surface area contributed by atoms with Crippen molar-refractivity contribution in [3.8, 4) is 0 Å². The molecular formula is C13H16NO2S-. The van der Waals surface area contributed by atoms with E-state index in [1.165, 1.54) is 10.9 Å². The van der Waals surface area contributed by atoms with E-state index >= 15 is 0 Å². The number of hydrogen-bond donors (Lipinski definition) is 0. The molecule has 4 heteroatoms. The molecule has 0 bridgehead atoms. The van der Waals surface area contributed by atoms with Gasteiger partial charge >= 0.3 is 0 Å². The standard InChI is InChI=1S/C13H17NO2S/c15-17(16)11-5-1-4-9-14-10-8-12-6-2-3-7-13(12)14/h2-3,6-8,10H,1,4-5,9,11H2,(H,15,16)/p-1. The third-order valence-corrected chi connectivity index (χ3v) is 3.51. The van der Waals surface area contributed by atoms with Crippen molar-refractivity contribution in [1.29, 1.82) is 0 Å². The number of para-hydroxylation sites is 1. The fourth-order valence-electron chi connectivity index (χ4n) is 2.01. The van der Waals surface area contributed by atoms with E-state index < -0.39 is 11.1 Å². The van der Waals surface area contributed by atoms with Gasteiger partial charge in [0.25, 0.3) is 0 Å². The Labute approximate surface area is 104 Å². The molecule has 0 saturated heterocycles. The SMILES string of the molecule is O=S([O-])CCCCCn1ccc2ccccc21. The molecule has 0 aliphatic carbocycles. The van der Waals surface area contributed by atoms with Crippen LogP contribution in [0, 0.1) is 0 Å². The number of fused-ring (bicyclic) bond motifs is 1. The molecule has 92 valence electrons. The predicted octanol–water partition coefficient (Wildman–Crippen LogP) is 2.69. The average molecular weight is 250 g/mol. The fraction of sp³-hybridized carbons (Fsp3) is 0.385. The zero-order valence-electron chi connectivity index (χ0n) is 9.67. The van der Waals surface area contributed by atoms with Gasteiger partial charge in [-0.1, -0.05) is 35.7 Å². The summed E-state index contributed by atoms with van der Waals surface area (Å²) in [6.45, 7) is 0.957. The highest BCUT2D eigenvalue weighted by Gasteiger charge is 1.99. The predicted molar refractivity (Wildman–Crippen MR) is 69.6 cm³/mol. The molecule has 1 unspecified atom stereocenters. The van der Waals surface area contributed by atoms with E-state index in [4.69, 9.17) is 0 Å². The van der Waals surface area contributed by atoms with Crippen molar-refractivity contribution in [2.24, 2.45) is 0 Å². The van der Waals surface area contributed by atoms with E-state index in [9.17, 15) is 8.76 Å². The van der Waals surface area contributed by atoms with Gasteiger partial charge < -0.3 is 9.12 Å². The zero-order valence-corrected chi connectivity index (χ0v) is 10.5. The van der Waals surface area contributed by atoms with E-state index in [1.807, 2.05) is 12.1 Å². The Balaban J connectivity index is 1.85. The van der Waals surface area contributed by atoms with Gasteiger partial charge in [0, 0.05) is 24.0 Å². The van der Waals surface area contributed by atoms with Crippen molar-refractivity contribution in [2.75, 3.05) is 5.75 Å². The van der Waals surface area contributed by atoms with Crippen LogP contribution >= 0.6 is 0 Å². The van der Waals surface area contributed by atoms with Gasteiger partial charge in [-0.2, -0.15) is 0 Å². The van der Waals surface area contributed by atoms with Crippen LogP contribution in [0.3, 0.4) is 0 Å². The van der Waals surface area contributed by atoms with Crippen molar-refractivity contribution in [3.05, 3.63) is 36.5 Å². The van der Waals surface area contributed by atoms with E-state index in [0.717, 1.165) is 25.8 Å². The molecular weight excluding hydrogens is 234 g/mol. The van der Waals surface area contributed by atoms with Crippen LogP contribution in [0.1, 0.15) is 19.3 Å². The maximum absolute atomic E-state index is 10.4. The van der Waals surface area contributed by atoms with Crippen molar-refractivity contribution >= 4 is 22.0 Å². The van der Waals surface area contributed by atoms with E-state index in [1.54, 1.807) is 0 Å². The fourth-order valence-corrected chi connectivity index (χ4v) is 2.45. The maximum Gasteiger partial charge on any atom is 0.0480 e. The molecule has 3 nitrogen and oxygen atoms in total. The number of hydrogen-bond acceptors (Lipinski definition) is 2. The Morgan fingerprint density at radius 2 is 1.94 bits per heavy atom. The van der Waals surface area contributed by atoms with Crippen molar-refractivity contribution < 1.29 is 8.76 Å². The number of rotatable bonds is 6. The molecule has 0 amide bonds. The second kappa shape index (κ2) is 5.98. The van der Waals surface area contributed by atoms with Gasteiger partial charge in [-0.25, -0.2) is 0 Å². The summed E-state index contributed by atoms with van der Waals surface area (Å²) in [5.74, 6) is 0.284. The smallest absolute Gasteiger partial charge is 0.0480 e. The number of benzene rings is 1. The Bertz CT molecular complexity index is 507. The highest BCUT2D eigenvalue weighted by Crippen LogP contribution is 2.15. The minimum Gasteiger partial charge on any atom is -0.772 e. The summed E-state index contributed by atoms with van der Waals surface area (Å²) < 4.78 is 22.9. The maximum atomic E-state index is 10.4. The van der Waals surface area contributed by atoms with Gasteiger partial charge in [-0.3, -0.25) is 4.21 Å².